The largest absolute Gasteiger partial charge is 0.457 e. The zero-order chi connectivity index (χ0) is 18.4. The van der Waals surface area contributed by atoms with Gasteiger partial charge >= 0.3 is 0 Å². The van der Waals surface area contributed by atoms with E-state index in [2.05, 4.69) is 10.6 Å². The fourth-order valence-electron chi connectivity index (χ4n) is 2.36. The monoisotopic (exact) mass is 350 g/mol. The van der Waals surface area contributed by atoms with Crippen molar-refractivity contribution in [2.75, 3.05) is 10.6 Å². The van der Waals surface area contributed by atoms with E-state index in [4.69, 9.17) is 4.74 Å². The lowest BCUT2D eigenvalue weighted by molar-refractivity contribution is -0.116. The highest BCUT2D eigenvalue weighted by Gasteiger charge is 2.14. The molecule has 2 N–H and O–H groups in total. The molecule has 0 aliphatic rings. The van der Waals surface area contributed by atoms with Gasteiger partial charge in [0.1, 0.15) is 23.4 Å². The van der Waals surface area contributed by atoms with Gasteiger partial charge in [0.25, 0.3) is 0 Å². The van der Waals surface area contributed by atoms with Crippen LogP contribution < -0.4 is 15.4 Å². The van der Waals surface area contributed by atoms with Crippen molar-refractivity contribution in [1.82, 2.24) is 0 Å². The summed E-state index contributed by atoms with van der Waals surface area (Å²) in [6.07, 6.45) is 0. The summed E-state index contributed by atoms with van der Waals surface area (Å²) in [7, 11) is 0. The highest BCUT2D eigenvalue weighted by Crippen LogP contribution is 2.23. The summed E-state index contributed by atoms with van der Waals surface area (Å²) in [5, 5.41) is 5.66. The molecule has 1 amide bonds. The fraction of sp³-hybridized carbons (Fsp3) is 0.0952. The highest BCUT2D eigenvalue weighted by atomic mass is 19.1. The summed E-state index contributed by atoms with van der Waals surface area (Å²) in [5.74, 6) is 0.672. The van der Waals surface area contributed by atoms with Gasteiger partial charge in [0, 0.05) is 5.69 Å². The van der Waals surface area contributed by atoms with Crippen LogP contribution in [0.5, 0.6) is 11.5 Å². The van der Waals surface area contributed by atoms with Crippen molar-refractivity contribution in [1.29, 1.82) is 0 Å². The molecular weight excluding hydrogens is 331 g/mol. The first-order valence-electron chi connectivity index (χ1n) is 8.27. The van der Waals surface area contributed by atoms with E-state index in [-0.39, 0.29) is 11.6 Å². The molecule has 3 rings (SSSR count). The van der Waals surface area contributed by atoms with E-state index in [1.807, 2.05) is 54.6 Å². The van der Waals surface area contributed by atoms with Crippen molar-refractivity contribution in [3.05, 3.63) is 84.7 Å². The third kappa shape index (κ3) is 4.60. The van der Waals surface area contributed by atoms with Gasteiger partial charge in [0.2, 0.25) is 5.91 Å². The second kappa shape index (κ2) is 8.16. The van der Waals surface area contributed by atoms with Crippen molar-refractivity contribution in [2.45, 2.75) is 13.0 Å². The molecule has 0 spiro atoms. The molecule has 0 radical (unpaired) electrons. The van der Waals surface area contributed by atoms with Crippen LogP contribution in [-0.2, 0) is 4.79 Å². The second-order valence-corrected chi connectivity index (χ2v) is 5.77. The van der Waals surface area contributed by atoms with Gasteiger partial charge in [0.15, 0.2) is 0 Å². The van der Waals surface area contributed by atoms with E-state index >= 15 is 0 Å². The molecule has 0 fully saturated rings. The number of nitrogens with one attached hydrogen (secondary N) is 2. The van der Waals surface area contributed by atoms with E-state index in [9.17, 15) is 9.18 Å². The number of carbonyl (C=O) groups is 1. The summed E-state index contributed by atoms with van der Waals surface area (Å²) >= 11 is 0. The molecule has 0 aliphatic heterocycles. The van der Waals surface area contributed by atoms with Crippen LogP contribution in [0.4, 0.5) is 15.8 Å². The molecule has 0 aliphatic carbocycles. The number of para-hydroxylation sites is 2. The molecule has 0 bridgehead atoms. The molecule has 1 atom stereocenters. The minimum Gasteiger partial charge on any atom is -0.457 e. The number of rotatable bonds is 6. The standard InChI is InChI=1S/C21H19FN2O2/c1-15(21(25)24-20-10-6-5-9-19(20)22)23-16-11-13-18(14-12-16)26-17-7-3-2-4-8-17/h2-15,23H,1H3,(H,24,25)/t15-/m1/s1. The van der Waals surface area contributed by atoms with Crippen LogP contribution in [0.25, 0.3) is 0 Å². The van der Waals surface area contributed by atoms with Gasteiger partial charge in [-0.2, -0.15) is 0 Å². The molecular formula is C21H19FN2O2. The molecule has 0 saturated carbocycles. The number of carbonyl (C=O) groups excluding carboxylic acids is 1. The average molecular weight is 350 g/mol. The maximum absolute atomic E-state index is 13.6. The van der Waals surface area contributed by atoms with E-state index in [1.54, 1.807) is 19.1 Å². The number of benzene rings is 3. The van der Waals surface area contributed by atoms with Gasteiger partial charge in [-0.05, 0) is 55.5 Å². The first-order valence-corrected chi connectivity index (χ1v) is 8.27. The first-order chi connectivity index (χ1) is 12.6. The summed E-state index contributed by atoms with van der Waals surface area (Å²) in [5.41, 5.74) is 0.930. The lowest BCUT2D eigenvalue weighted by Crippen LogP contribution is -2.32. The average Bonchev–Trinajstić information content (AvgIpc) is 2.66. The normalized spacial score (nSPS) is 11.5. The van der Waals surface area contributed by atoms with Gasteiger partial charge in [0.05, 0.1) is 5.69 Å². The molecule has 132 valence electrons. The Morgan fingerprint density at radius 1 is 0.885 bits per heavy atom. The third-order valence-electron chi connectivity index (χ3n) is 3.74. The Balaban J connectivity index is 1.58. The maximum Gasteiger partial charge on any atom is 0.246 e. The topological polar surface area (TPSA) is 50.4 Å². The predicted molar refractivity (Wildman–Crippen MR) is 101 cm³/mol. The van der Waals surface area contributed by atoms with E-state index < -0.39 is 11.9 Å². The van der Waals surface area contributed by atoms with Crippen molar-refractivity contribution in [3.63, 3.8) is 0 Å². The number of ether oxygens (including phenoxy) is 1. The third-order valence-corrected chi connectivity index (χ3v) is 3.74. The van der Waals surface area contributed by atoms with Crippen molar-refractivity contribution in [3.8, 4) is 11.5 Å². The SMILES string of the molecule is C[C@@H](Nc1ccc(Oc2ccccc2)cc1)C(=O)Nc1ccccc1F. The van der Waals surface area contributed by atoms with E-state index in [1.165, 1.54) is 12.1 Å². The number of anilines is 2. The van der Waals surface area contributed by atoms with E-state index in [0.717, 1.165) is 11.4 Å². The van der Waals surface area contributed by atoms with Crippen LogP contribution in [0.1, 0.15) is 6.92 Å². The smallest absolute Gasteiger partial charge is 0.246 e. The summed E-state index contributed by atoms with van der Waals surface area (Å²) in [4.78, 5) is 12.2. The Labute approximate surface area is 151 Å². The number of halogens is 1. The van der Waals surface area contributed by atoms with Gasteiger partial charge < -0.3 is 15.4 Å². The molecule has 0 aromatic heterocycles. The molecule has 0 saturated heterocycles. The Kier molecular flexibility index (Phi) is 5.49. The van der Waals surface area contributed by atoms with Crippen LogP contribution >= 0.6 is 0 Å². The molecule has 5 heteroatoms. The first kappa shape index (κ1) is 17.5. The molecule has 4 nitrogen and oxygen atoms in total. The zero-order valence-corrected chi connectivity index (χ0v) is 14.3. The quantitative estimate of drug-likeness (QED) is 0.653. The second-order valence-electron chi connectivity index (χ2n) is 5.77. The van der Waals surface area contributed by atoms with Crippen molar-refractivity contribution in [2.24, 2.45) is 0 Å². The Hall–Kier alpha value is -3.34. The lowest BCUT2D eigenvalue weighted by atomic mass is 10.2. The molecule has 3 aromatic rings. The predicted octanol–water partition coefficient (Wildman–Crippen LogP) is 5.06. The van der Waals surface area contributed by atoms with Gasteiger partial charge in [-0.1, -0.05) is 30.3 Å². The van der Waals surface area contributed by atoms with Crippen LogP contribution in [0, 0.1) is 5.82 Å². The Morgan fingerprint density at radius 2 is 1.50 bits per heavy atom. The number of hydrogen-bond donors (Lipinski definition) is 2. The summed E-state index contributed by atoms with van der Waals surface area (Å²) in [6, 6.07) is 22.3. The minimum absolute atomic E-state index is 0.165. The van der Waals surface area contributed by atoms with E-state index in [0.29, 0.717) is 5.75 Å². The molecule has 0 heterocycles. The van der Waals surface area contributed by atoms with Crippen LogP contribution in [-0.4, -0.2) is 11.9 Å². The van der Waals surface area contributed by atoms with Gasteiger partial charge in [-0.3, -0.25) is 4.79 Å². The number of amides is 1. The van der Waals surface area contributed by atoms with Crippen molar-refractivity contribution >= 4 is 17.3 Å². The minimum atomic E-state index is -0.532. The number of hydrogen-bond acceptors (Lipinski definition) is 3. The Morgan fingerprint density at radius 3 is 2.19 bits per heavy atom. The molecule has 0 unspecified atom stereocenters. The van der Waals surface area contributed by atoms with Crippen LogP contribution in [0.15, 0.2) is 78.9 Å². The lowest BCUT2D eigenvalue weighted by Gasteiger charge is -2.16. The van der Waals surface area contributed by atoms with Crippen LogP contribution in [0.3, 0.4) is 0 Å². The van der Waals surface area contributed by atoms with Gasteiger partial charge in [-0.15, -0.1) is 0 Å². The Bertz CT molecular complexity index is 867. The maximum atomic E-state index is 13.6. The fourth-order valence-corrected chi connectivity index (χ4v) is 2.36. The summed E-state index contributed by atoms with van der Waals surface area (Å²) < 4.78 is 19.3. The van der Waals surface area contributed by atoms with Crippen LogP contribution in [0.2, 0.25) is 0 Å². The van der Waals surface area contributed by atoms with Gasteiger partial charge in [-0.25, -0.2) is 4.39 Å². The highest BCUT2D eigenvalue weighted by molar-refractivity contribution is 5.96. The molecule has 3 aromatic carbocycles. The zero-order valence-electron chi connectivity index (χ0n) is 14.3. The molecule has 26 heavy (non-hydrogen) atoms. The van der Waals surface area contributed by atoms with Crippen molar-refractivity contribution < 1.29 is 13.9 Å². The summed E-state index contributed by atoms with van der Waals surface area (Å²) in [6.45, 7) is 1.71.